The first kappa shape index (κ1) is 13.2. The Bertz CT molecular complexity index is 291. The van der Waals surface area contributed by atoms with Gasteiger partial charge in [0.15, 0.2) is 0 Å². The smallest absolute Gasteiger partial charge is 0.224 e. The van der Waals surface area contributed by atoms with Crippen molar-refractivity contribution in [1.82, 2.24) is 0 Å². The van der Waals surface area contributed by atoms with Crippen LogP contribution in [-0.2, 0) is 4.84 Å². The van der Waals surface area contributed by atoms with Gasteiger partial charge in [0.05, 0.1) is 0 Å². The first-order valence-corrected chi connectivity index (χ1v) is 4.63. The van der Waals surface area contributed by atoms with Crippen LogP contribution in [0.1, 0.15) is 27.2 Å². The van der Waals surface area contributed by atoms with Crippen LogP contribution in [-0.4, -0.2) is 22.9 Å². The lowest BCUT2D eigenvalue weighted by atomic mass is 10.1. The number of rotatable bonds is 5. The minimum Gasteiger partial charge on any atom is -0.409 e. The average molecular weight is 212 g/mol. The molecule has 0 fully saturated rings. The highest BCUT2D eigenvalue weighted by Gasteiger charge is 2.08. The lowest BCUT2D eigenvalue weighted by Crippen LogP contribution is -2.23. The molecule has 1 unspecified atom stereocenters. The number of nitriles is 1. The number of oxime groups is 2. The number of hydrogen-bond donors (Lipinski definition) is 2. The number of hydrogen-bond acceptors (Lipinski definition) is 5. The molecule has 0 aliphatic rings. The molecular formula is C9H16N4O2. The Morgan fingerprint density at radius 1 is 1.53 bits per heavy atom. The summed E-state index contributed by atoms with van der Waals surface area (Å²) in [6, 6.07) is 1.67. The van der Waals surface area contributed by atoms with Crippen LogP contribution in [0.4, 0.5) is 0 Å². The predicted octanol–water partition coefficient (Wildman–Crippen LogP) is 1.06. The summed E-state index contributed by atoms with van der Waals surface area (Å²) in [4.78, 5) is 5.02. The summed E-state index contributed by atoms with van der Waals surface area (Å²) in [5.74, 6) is 0.124. The van der Waals surface area contributed by atoms with E-state index in [1.54, 1.807) is 6.07 Å². The maximum atomic E-state index is 8.59. The Labute approximate surface area is 89.0 Å². The fraction of sp³-hybridized carbons (Fsp3) is 0.667. The molecule has 0 aliphatic carbocycles. The molecular weight excluding hydrogens is 196 g/mol. The van der Waals surface area contributed by atoms with Gasteiger partial charge in [-0.15, -0.1) is 0 Å². The molecule has 0 heterocycles. The van der Waals surface area contributed by atoms with Crippen molar-refractivity contribution in [3.63, 3.8) is 0 Å². The van der Waals surface area contributed by atoms with Crippen LogP contribution in [0.15, 0.2) is 10.3 Å². The van der Waals surface area contributed by atoms with E-state index < -0.39 is 0 Å². The van der Waals surface area contributed by atoms with Gasteiger partial charge in [-0.1, -0.05) is 24.2 Å². The molecule has 1 atom stereocenters. The molecule has 0 saturated heterocycles. The van der Waals surface area contributed by atoms with Gasteiger partial charge in [0, 0.05) is 0 Å². The van der Waals surface area contributed by atoms with Gasteiger partial charge in [-0.05, 0) is 19.3 Å². The van der Waals surface area contributed by atoms with Crippen LogP contribution in [0.25, 0.3) is 0 Å². The summed E-state index contributed by atoms with van der Waals surface area (Å²) < 4.78 is 0. The molecule has 0 aromatic heterocycles. The van der Waals surface area contributed by atoms with E-state index >= 15 is 0 Å². The second kappa shape index (κ2) is 6.65. The Kier molecular flexibility index (Phi) is 5.86. The van der Waals surface area contributed by atoms with Gasteiger partial charge >= 0.3 is 0 Å². The molecule has 3 N–H and O–H groups in total. The monoisotopic (exact) mass is 212 g/mol. The quantitative estimate of drug-likeness (QED) is 0.307. The highest BCUT2D eigenvalue weighted by Crippen LogP contribution is 2.07. The first-order chi connectivity index (χ1) is 7.01. The second-order valence-electron chi connectivity index (χ2n) is 3.58. The average Bonchev–Trinajstić information content (AvgIpc) is 2.17. The van der Waals surface area contributed by atoms with Gasteiger partial charge in [0.1, 0.15) is 12.2 Å². The van der Waals surface area contributed by atoms with E-state index in [2.05, 4.69) is 24.2 Å². The predicted molar refractivity (Wildman–Crippen MR) is 56.5 cm³/mol. The van der Waals surface area contributed by atoms with E-state index in [0.717, 1.165) is 6.42 Å². The van der Waals surface area contributed by atoms with Crippen LogP contribution in [0.3, 0.4) is 0 Å². The van der Waals surface area contributed by atoms with Crippen LogP contribution in [0.2, 0.25) is 0 Å². The molecule has 0 saturated carbocycles. The van der Waals surface area contributed by atoms with E-state index in [0.29, 0.717) is 5.92 Å². The molecule has 0 aromatic carbocycles. The number of nitrogens with two attached hydrogens (primary N) is 1. The van der Waals surface area contributed by atoms with Crippen molar-refractivity contribution in [2.24, 2.45) is 22.0 Å². The van der Waals surface area contributed by atoms with Crippen molar-refractivity contribution in [2.45, 2.75) is 33.3 Å². The van der Waals surface area contributed by atoms with Crippen molar-refractivity contribution < 1.29 is 10.0 Å². The maximum Gasteiger partial charge on any atom is 0.224 e. The second-order valence-corrected chi connectivity index (χ2v) is 3.58. The van der Waals surface area contributed by atoms with Gasteiger partial charge < -0.3 is 15.8 Å². The van der Waals surface area contributed by atoms with Crippen molar-refractivity contribution >= 4 is 11.5 Å². The molecule has 0 radical (unpaired) electrons. The molecule has 0 aromatic rings. The molecule has 0 aliphatic heterocycles. The third kappa shape index (κ3) is 5.52. The Hall–Kier alpha value is -1.77. The lowest BCUT2D eigenvalue weighted by molar-refractivity contribution is 0.0582. The highest BCUT2D eigenvalue weighted by molar-refractivity contribution is 6.46. The fourth-order valence-corrected chi connectivity index (χ4v) is 1.02. The molecule has 0 amide bonds. The number of amidine groups is 1. The summed E-state index contributed by atoms with van der Waals surface area (Å²) in [6.45, 7) is 5.95. The SMILES string of the molecule is CC(C)CC(C)O/N=C(C#N)\C(N)=N/O. The normalized spacial score (nSPS) is 14.9. The summed E-state index contributed by atoms with van der Waals surface area (Å²) in [7, 11) is 0. The molecule has 6 heteroatoms. The van der Waals surface area contributed by atoms with Crippen LogP contribution >= 0.6 is 0 Å². The minimum atomic E-state index is -0.353. The van der Waals surface area contributed by atoms with Gasteiger partial charge in [-0.25, -0.2) is 0 Å². The number of nitrogens with zero attached hydrogens (tertiary/aromatic N) is 3. The molecule has 6 nitrogen and oxygen atoms in total. The van der Waals surface area contributed by atoms with Crippen molar-refractivity contribution in [1.29, 1.82) is 5.26 Å². The van der Waals surface area contributed by atoms with E-state index in [1.807, 2.05) is 6.92 Å². The van der Waals surface area contributed by atoms with E-state index in [1.165, 1.54) is 0 Å². The summed E-state index contributed by atoms with van der Waals surface area (Å²) >= 11 is 0. The van der Waals surface area contributed by atoms with Crippen LogP contribution in [0, 0.1) is 17.2 Å². The van der Waals surface area contributed by atoms with E-state index in [9.17, 15) is 0 Å². The Morgan fingerprint density at radius 3 is 2.53 bits per heavy atom. The molecule has 15 heavy (non-hydrogen) atoms. The highest BCUT2D eigenvalue weighted by atomic mass is 16.6. The molecule has 0 rings (SSSR count). The van der Waals surface area contributed by atoms with E-state index in [4.69, 9.17) is 21.0 Å². The van der Waals surface area contributed by atoms with Gasteiger partial charge in [-0.2, -0.15) is 5.26 Å². The van der Waals surface area contributed by atoms with Crippen molar-refractivity contribution in [3.8, 4) is 6.07 Å². The molecule has 0 spiro atoms. The topological polar surface area (TPSA) is 104 Å². The Morgan fingerprint density at radius 2 is 2.13 bits per heavy atom. The van der Waals surface area contributed by atoms with Gasteiger partial charge in [0.25, 0.3) is 0 Å². The summed E-state index contributed by atoms with van der Waals surface area (Å²) in [5.41, 5.74) is 4.95. The standard InChI is InChI=1S/C9H16N4O2/c1-6(2)4-7(3)15-13-8(5-10)9(11)12-14/h6-7,14H,4H2,1-3H3,(H2,11,12)/b13-8-. The third-order valence-corrected chi connectivity index (χ3v) is 1.58. The van der Waals surface area contributed by atoms with Crippen molar-refractivity contribution in [2.75, 3.05) is 0 Å². The zero-order chi connectivity index (χ0) is 11.8. The molecule has 0 bridgehead atoms. The first-order valence-electron chi connectivity index (χ1n) is 4.63. The summed E-state index contributed by atoms with van der Waals surface area (Å²) in [6.07, 6.45) is 0.707. The molecule has 84 valence electrons. The van der Waals surface area contributed by atoms with Crippen molar-refractivity contribution in [3.05, 3.63) is 0 Å². The fourth-order valence-electron chi connectivity index (χ4n) is 1.02. The van der Waals surface area contributed by atoms with Crippen LogP contribution < -0.4 is 5.73 Å². The lowest BCUT2D eigenvalue weighted by Gasteiger charge is -2.11. The van der Waals surface area contributed by atoms with Gasteiger partial charge in [-0.3, -0.25) is 0 Å². The largest absolute Gasteiger partial charge is 0.409 e. The summed E-state index contributed by atoms with van der Waals surface area (Å²) in [5, 5.41) is 23.1. The zero-order valence-corrected chi connectivity index (χ0v) is 9.14. The van der Waals surface area contributed by atoms with Gasteiger partial charge in [0.2, 0.25) is 11.5 Å². The van der Waals surface area contributed by atoms with E-state index in [-0.39, 0.29) is 17.7 Å². The minimum absolute atomic E-state index is 0.111. The zero-order valence-electron chi connectivity index (χ0n) is 9.14. The maximum absolute atomic E-state index is 8.59. The third-order valence-electron chi connectivity index (χ3n) is 1.58. The van der Waals surface area contributed by atoms with Crippen LogP contribution in [0.5, 0.6) is 0 Å². The Balaban J connectivity index is 4.31.